The first-order chi connectivity index (χ1) is 9.81. The third-order valence-electron chi connectivity index (χ3n) is 4.21. The summed E-state index contributed by atoms with van der Waals surface area (Å²) in [6, 6.07) is 11.9. The molecular weight excluding hydrogens is 306 g/mol. The van der Waals surface area contributed by atoms with Crippen molar-refractivity contribution in [3.05, 3.63) is 50.7 Å². The van der Waals surface area contributed by atoms with Crippen molar-refractivity contribution in [2.45, 2.75) is 36.2 Å². The number of thioether (sulfide) groups is 1. The molecule has 20 heavy (non-hydrogen) atoms. The third kappa shape index (κ3) is 2.31. The summed E-state index contributed by atoms with van der Waals surface area (Å²) in [7, 11) is 0. The van der Waals surface area contributed by atoms with Gasteiger partial charge in [0.25, 0.3) is 0 Å². The molecule has 0 fully saturated rings. The fourth-order valence-corrected chi connectivity index (χ4v) is 5.74. The second-order valence-corrected chi connectivity index (χ2v) is 8.32. The van der Waals surface area contributed by atoms with E-state index in [2.05, 4.69) is 35.6 Å². The van der Waals surface area contributed by atoms with Crippen molar-refractivity contribution in [3.63, 3.8) is 0 Å². The average Bonchev–Trinajstić information content (AvgIpc) is 3.00. The maximum absolute atomic E-state index is 6.15. The lowest BCUT2D eigenvalue weighted by Gasteiger charge is -2.29. The zero-order chi connectivity index (χ0) is 13.5. The lowest BCUT2D eigenvalue weighted by Crippen LogP contribution is -2.27. The normalized spacial score (nSPS) is 24.4. The van der Waals surface area contributed by atoms with Crippen LogP contribution in [0.25, 0.3) is 0 Å². The van der Waals surface area contributed by atoms with Crippen LogP contribution in [0.15, 0.2) is 35.2 Å². The number of benzene rings is 1. The Labute approximate surface area is 132 Å². The lowest BCUT2D eigenvalue weighted by atomic mass is 10.0. The Morgan fingerprint density at radius 1 is 1.10 bits per heavy atom. The second kappa shape index (κ2) is 5.38. The van der Waals surface area contributed by atoms with E-state index < -0.39 is 0 Å². The number of thiophene rings is 1. The first-order valence-corrected chi connectivity index (χ1v) is 9.25. The summed E-state index contributed by atoms with van der Waals surface area (Å²) in [5.74, 6) is 1.21. The first kappa shape index (κ1) is 13.2. The molecule has 0 amide bonds. The molecule has 1 aliphatic carbocycles. The molecule has 2 unspecified atom stereocenters. The molecule has 2 aromatic rings. The largest absolute Gasteiger partial charge is 0.303 e. The molecule has 2 aliphatic rings. The average molecular weight is 322 g/mol. The molecule has 1 aliphatic heterocycles. The van der Waals surface area contributed by atoms with Gasteiger partial charge in [-0.05, 0) is 48.3 Å². The number of aryl methyl sites for hydroxylation is 1. The Morgan fingerprint density at radius 2 is 1.95 bits per heavy atom. The highest BCUT2D eigenvalue weighted by Gasteiger charge is 2.29. The van der Waals surface area contributed by atoms with Crippen molar-refractivity contribution in [3.8, 4) is 0 Å². The van der Waals surface area contributed by atoms with Crippen molar-refractivity contribution in [2.24, 2.45) is 0 Å². The molecule has 0 spiro atoms. The second-order valence-electron chi connectivity index (χ2n) is 5.41. The van der Waals surface area contributed by atoms with Gasteiger partial charge in [-0.2, -0.15) is 0 Å². The first-order valence-electron chi connectivity index (χ1n) is 7.07. The van der Waals surface area contributed by atoms with Crippen LogP contribution < -0.4 is 5.32 Å². The highest BCUT2D eigenvalue weighted by atomic mass is 35.5. The van der Waals surface area contributed by atoms with E-state index >= 15 is 0 Å². The van der Waals surface area contributed by atoms with Crippen LogP contribution in [0.4, 0.5) is 0 Å². The third-order valence-corrected chi connectivity index (χ3v) is 6.67. The topological polar surface area (TPSA) is 12.0 Å². The quantitative estimate of drug-likeness (QED) is 0.814. The van der Waals surface area contributed by atoms with Gasteiger partial charge in [-0.3, -0.25) is 0 Å². The van der Waals surface area contributed by atoms with Crippen molar-refractivity contribution in [2.75, 3.05) is 5.75 Å². The van der Waals surface area contributed by atoms with E-state index in [9.17, 15) is 0 Å². The smallest absolute Gasteiger partial charge is 0.0934 e. The summed E-state index contributed by atoms with van der Waals surface area (Å²) in [5.41, 5.74) is 2.91. The van der Waals surface area contributed by atoms with Crippen LogP contribution in [0.1, 0.15) is 40.9 Å². The van der Waals surface area contributed by atoms with E-state index in [1.807, 2.05) is 11.8 Å². The summed E-state index contributed by atoms with van der Waals surface area (Å²) in [6.07, 6.45) is 3.60. The molecule has 2 atom stereocenters. The minimum absolute atomic E-state index is 0.481. The lowest BCUT2D eigenvalue weighted by molar-refractivity contribution is 0.428. The summed E-state index contributed by atoms with van der Waals surface area (Å²) in [6.45, 7) is 0. The van der Waals surface area contributed by atoms with Gasteiger partial charge in [0.2, 0.25) is 0 Å². The highest BCUT2D eigenvalue weighted by molar-refractivity contribution is 7.99. The van der Waals surface area contributed by atoms with Gasteiger partial charge < -0.3 is 5.32 Å². The van der Waals surface area contributed by atoms with E-state index in [0.717, 1.165) is 4.34 Å². The minimum atomic E-state index is 0.481. The van der Waals surface area contributed by atoms with Crippen LogP contribution in [0, 0.1) is 0 Å². The summed E-state index contributed by atoms with van der Waals surface area (Å²) < 4.78 is 0.932. The van der Waals surface area contributed by atoms with Crippen molar-refractivity contribution < 1.29 is 0 Å². The molecule has 1 nitrogen and oxygen atoms in total. The molecule has 1 N–H and O–H groups in total. The Bertz CT molecular complexity index is 637. The minimum Gasteiger partial charge on any atom is -0.303 e. The summed E-state index contributed by atoms with van der Waals surface area (Å²) in [5, 5.41) is 3.88. The van der Waals surface area contributed by atoms with Crippen LogP contribution in [0.5, 0.6) is 0 Å². The van der Waals surface area contributed by atoms with Crippen LogP contribution >= 0.6 is 34.7 Å². The van der Waals surface area contributed by atoms with Crippen molar-refractivity contribution in [1.29, 1.82) is 0 Å². The van der Waals surface area contributed by atoms with Crippen molar-refractivity contribution >= 4 is 34.7 Å². The molecule has 0 saturated carbocycles. The van der Waals surface area contributed by atoms with Gasteiger partial charge in [0, 0.05) is 21.9 Å². The summed E-state index contributed by atoms with van der Waals surface area (Å²) in [4.78, 5) is 2.92. The molecule has 0 radical (unpaired) electrons. The van der Waals surface area contributed by atoms with E-state index in [1.54, 1.807) is 11.3 Å². The van der Waals surface area contributed by atoms with Crippen LogP contribution in [0.2, 0.25) is 4.34 Å². The molecular formula is C16H16ClNS2. The maximum Gasteiger partial charge on any atom is 0.0934 e. The zero-order valence-electron chi connectivity index (χ0n) is 11.1. The van der Waals surface area contributed by atoms with Crippen LogP contribution in [-0.4, -0.2) is 5.75 Å². The molecule has 0 bridgehead atoms. The predicted molar refractivity (Wildman–Crippen MR) is 88.1 cm³/mol. The van der Waals surface area contributed by atoms with E-state index in [-0.39, 0.29) is 0 Å². The van der Waals surface area contributed by atoms with Gasteiger partial charge in [-0.25, -0.2) is 0 Å². The number of hydrogen-bond acceptors (Lipinski definition) is 3. The number of halogens is 1. The Balaban J connectivity index is 1.59. The van der Waals surface area contributed by atoms with Gasteiger partial charge in [0.1, 0.15) is 0 Å². The zero-order valence-corrected chi connectivity index (χ0v) is 13.5. The fraction of sp³-hybridized carbons (Fsp3) is 0.375. The monoisotopic (exact) mass is 321 g/mol. The Kier molecular flexibility index (Phi) is 3.55. The Hall–Kier alpha value is -0.480. The summed E-state index contributed by atoms with van der Waals surface area (Å²) >= 11 is 9.89. The molecule has 104 valence electrons. The highest BCUT2D eigenvalue weighted by Crippen LogP contribution is 2.42. The SMILES string of the molecule is Clc1cc2c(s1)CCC2NC1CCSc2ccccc21. The fourth-order valence-electron chi connectivity index (χ4n) is 3.26. The number of hydrogen-bond donors (Lipinski definition) is 1. The molecule has 1 aromatic heterocycles. The number of nitrogens with one attached hydrogen (secondary N) is 1. The van der Waals surface area contributed by atoms with Crippen LogP contribution in [-0.2, 0) is 6.42 Å². The van der Waals surface area contributed by atoms with Gasteiger partial charge in [-0.15, -0.1) is 23.1 Å². The molecule has 2 heterocycles. The van der Waals surface area contributed by atoms with E-state index in [0.29, 0.717) is 12.1 Å². The van der Waals surface area contributed by atoms with Crippen LogP contribution in [0.3, 0.4) is 0 Å². The van der Waals surface area contributed by atoms with Gasteiger partial charge in [-0.1, -0.05) is 29.8 Å². The van der Waals surface area contributed by atoms with E-state index in [1.165, 1.54) is 45.9 Å². The number of fused-ring (bicyclic) bond motifs is 2. The molecule has 0 saturated heterocycles. The molecule has 1 aromatic carbocycles. The predicted octanol–water partition coefficient (Wildman–Crippen LogP) is 5.22. The standard InChI is InChI=1S/C16H16ClNS2/c17-16-9-11-12(5-6-15(11)20-16)18-13-7-8-19-14-4-2-1-3-10(13)14/h1-4,9,12-13,18H,5-8H2. The maximum atomic E-state index is 6.15. The Morgan fingerprint density at radius 3 is 2.90 bits per heavy atom. The molecule has 4 rings (SSSR count). The number of rotatable bonds is 2. The van der Waals surface area contributed by atoms with E-state index in [4.69, 9.17) is 11.6 Å². The van der Waals surface area contributed by atoms with Gasteiger partial charge in [0.15, 0.2) is 0 Å². The van der Waals surface area contributed by atoms with Gasteiger partial charge >= 0.3 is 0 Å². The van der Waals surface area contributed by atoms with Gasteiger partial charge in [0.05, 0.1) is 4.34 Å². The van der Waals surface area contributed by atoms with Crippen molar-refractivity contribution in [1.82, 2.24) is 5.32 Å². The molecule has 4 heteroatoms.